The Hall–Kier alpha value is -0.820. The fourth-order valence-electron chi connectivity index (χ4n) is 2.79. The van der Waals surface area contributed by atoms with Crippen LogP contribution in [0.3, 0.4) is 0 Å². The smallest absolute Gasteiger partial charge is 0.0296 e. The maximum Gasteiger partial charge on any atom is 0.0296 e. The van der Waals surface area contributed by atoms with Gasteiger partial charge in [0.05, 0.1) is 0 Å². The van der Waals surface area contributed by atoms with Crippen LogP contribution in [0, 0.1) is 5.41 Å². The third-order valence-corrected chi connectivity index (χ3v) is 2.88. The molecule has 0 aliphatic heterocycles. The van der Waals surface area contributed by atoms with Gasteiger partial charge in [0, 0.05) is 11.6 Å². The molecule has 17 heavy (non-hydrogen) atoms. The van der Waals surface area contributed by atoms with E-state index < -0.39 is 0 Å². The van der Waals surface area contributed by atoms with Gasteiger partial charge >= 0.3 is 0 Å². The van der Waals surface area contributed by atoms with Gasteiger partial charge in [0.1, 0.15) is 0 Å². The highest BCUT2D eigenvalue weighted by Gasteiger charge is 2.26. The van der Waals surface area contributed by atoms with Gasteiger partial charge in [-0.05, 0) is 38.2 Å². The van der Waals surface area contributed by atoms with Gasteiger partial charge in [-0.15, -0.1) is 0 Å². The van der Waals surface area contributed by atoms with E-state index >= 15 is 0 Å². The lowest BCUT2D eigenvalue weighted by Gasteiger charge is -2.36. The molecule has 1 aromatic carbocycles. The molecule has 0 bridgehead atoms. The third-order valence-electron chi connectivity index (χ3n) is 2.88. The Morgan fingerprint density at radius 2 is 1.53 bits per heavy atom. The first-order valence-electron chi connectivity index (χ1n) is 6.52. The predicted molar refractivity (Wildman–Crippen MR) is 76.1 cm³/mol. The Kier molecular flexibility index (Phi) is 4.37. The lowest BCUT2D eigenvalue weighted by molar-refractivity contribution is 0.227. The monoisotopic (exact) mass is 233 g/mol. The summed E-state index contributed by atoms with van der Waals surface area (Å²) in [6.45, 7) is 13.7. The standard InChI is InChI=1S/C16H27N/c1-13(14-10-8-7-9-11-14)17-16(5,6)12-15(2,3)4/h7-11,13,17H,12H2,1-6H3. The van der Waals surface area contributed by atoms with E-state index in [0.717, 1.165) is 6.42 Å². The minimum Gasteiger partial charge on any atom is -0.305 e. The van der Waals surface area contributed by atoms with Crippen LogP contribution in [-0.2, 0) is 0 Å². The van der Waals surface area contributed by atoms with Crippen LogP contribution in [0.25, 0.3) is 0 Å². The Morgan fingerprint density at radius 3 is 2.00 bits per heavy atom. The Bertz CT molecular complexity index is 332. The zero-order valence-corrected chi connectivity index (χ0v) is 12.2. The molecule has 0 aromatic heterocycles. The van der Waals surface area contributed by atoms with E-state index in [1.54, 1.807) is 0 Å². The van der Waals surface area contributed by atoms with Crippen LogP contribution in [0.15, 0.2) is 30.3 Å². The summed E-state index contributed by atoms with van der Waals surface area (Å²) in [5.74, 6) is 0. The van der Waals surface area contributed by atoms with Crippen LogP contribution in [0.4, 0.5) is 0 Å². The van der Waals surface area contributed by atoms with E-state index in [9.17, 15) is 0 Å². The number of nitrogens with one attached hydrogen (secondary N) is 1. The van der Waals surface area contributed by atoms with Crippen LogP contribution in [0.5, 0.6) is 0 Å². The summed E-state index contributed by atoms with van der Waals surface area (Å²) in [4.78, 5) is 0. The molecule has 0 fully saturated rings. The average molecular weight is 233 g/mol. The molecule has 0 aliphatic carbocycles. The number of hydrogen-bond acceptors (Lipinski definition) is 1. The lowest BCUT2D eigenvalue weighted by atomic mass is 9.81. The summed E-state index contributed by atoms with van der Waals surface area (Å²) < 4.78 is 0. The van der Waals surface area contributed by atoms with Crippen molar-refractivity contribution in [2.24, 2.45) is 5.41 Å². The van der Waals surface area contributed by atoms with Crippen molar-refractivity contribution in [3.05, 3.63) is 35.9 Å². The fourth-order valence-corrected chi connectivity index (χ4v) is 2.79. The first-order chi connectivity index (χ1) is 7.70. The van der Waals surface area contributed by atoms with Gasteiger partial charge in [-0.25, -0.2) is 0 Å². The second kappa shape index (κ2) is 5.22. The minimum atomic E-state index is 0.160. The second-order valence-electron chi connectivity index (χ2n) is 6.90. The third kappa shape index (κ3) is 5.36. The quantitative estimate of drug-likeness (QED) is 0.804. The van der Waals surface area contributed by atoms with Crippen molar-refractivity contribution in [2.75, 3.05) is 0 Å². The summed E-state index contributed by atoms with van der Waals surface area (Å²) in [7, 11) is 0. The van der Waals surface area contributed by atoms with Crippen molar-refractivity contribution in [2.45, 2.75) is 59.5 Å². The lowest BCUT2D eigenvalue weighted by Crippen LogP contribution is -2.43. The van der Waals surface area contributed by atoms with Crippen LogP contribution in [0.1, 0.15) is 59.6 Å². The van der Waals surface area contributed by atoms with E-state index in [1.807, 2.05) is 0 Å². The topological polar surface area (TPSA) is 12.0 Å². The molecule has 1 rings (SSSR count). The van der Waals surface area contributed by atoms with E-state index in [1.165, 1.54) is 5.56 Å². The van der Waals surface area contributed by atoms with Crippen molar-refractivity contribution >= 4 is 0 Å². The molecule has 0 saturated heterocycles. The molecule has 1 unspecified atom stereocenters. The molecule has 1 aromatic rings. The van der Waals surface area contributed by atoms with Crippen molar-refractivity contribution < 1.29 is 0 Å². The van der Waals surface area contributed by atoms with Gasteiger partial charge in [0.25, 0.3) is 0 Å². The summed E-state index contributed by atoms with van der Waals surface area (Å²) in [5.41, 5.74) is 1.87. The zero-order chi connectivity index (χ0) is 13.1. The van der Waals surface area contributed by atoms with Crippen molar-refractivity contribution in [1.29, 1.82) is 0 Å². The van der Waals surface area contributed by atoms with E-state index in [4.69, 9.17) is 0 Å². The number of hydrogen-bond donors (Lipinski definition) is 1. The van der Waals surface area contributed by atoms with Gasteiger partial charge < -0.3 is 5.32 Å². The normalized spacial score (nSPS) is 14.7. The average Bonchev–Trinajstić information content (AvgIpc) is 2.14. The molecule has 1 heteroatoms. The molecule has 1 atom stereocenters. The van der Waals surface area contributed by atoms with E-state index in [2.05, 4.69) is 77.2 Å². The van der Waals surface area contributed by atoms with Gasteiger partial charge in [0.2, 0.25) is 0 Å². The highest BCUT2D eigenvalue weighted by atomic mass is 15.0. The second-order valence-corrected chi connectivity index (χ2v) is 6.90. The Morgan fingerprint density at radius 1 is 1.00 bits per heavy atom. The molecule has 0 radical (unpaired) electrons. The first kappa shape index (κ1) is 14.2. The van der Waals surface area contributed by atoms with Crippen LogP contribution in [-0.4, -0.2) is 5.54 Å². The molecular weight excluding hydrogens is 206 g/mol. The van der Waals surface area contributed by atoms with Crippen LogP contribution >= 0.6 is 0 Å². The van der Waals surface area contributed by atoms with Gasteiger partial charge in [0.15, 0.2) is 0 Å². The SMILES string of the molecule is CC(NC(C)(C)CC(C)(C)C)c1ccccc1. The molecule has 0 aliphatic rings. The molecule has 0 amide bonds. The maximum atomic E-state index is 3.73. The minimum absolute atomic E-state index is 0.160. The molecule has 0 spiro atoms. The molecular formula is C16H27N. The van der Waals surface area contributed by atoms with E-state index in [0.29, 0.717) is 11.5 Å². The van der Waals surface area contributed by atoms with Gasteiger partial charge in [-0.3, -0.25) is 0 Å². The predicted octanol–water partition coefficient (Wildman–Crippen LogP) is 4.55. The Balaban J connectivity index is 2.65. The van der Waals surface area contributed by atoms with Crippen molar-refractivity contribution in [3.63, 3.8) is 0 Å². The van der Waals surface area contributed by atoms with Crippen molar-refractivity contribution in [3.8, 4) is 0 Å². The Labute approximate surface area is 107 Å². The zero-order valence-electron chi connectivity index (χ0n) is 12.2. The molecule has 0 heterocycles. The number of benzene rings is 1. The van der Waals surface area contributed by atoms with E-state index in [-0.39, 0.29) is 5.54 Å². The van der Waals surface area contributed by atoms with Gasteiger partial charge in [-0.1, -0.05) is 51.1 Å². The first-order valence-corrected chi connectivity index (χ1v) is 6.52. The van der Waals surface area contributed by atoms with Gasteiger partial charge in [-0.2, -0.15) is 0 Å². The molecule has 1 nitrogen and oxygen atoms in total. The highest BCUT2D eigenvalue weighted by Crippen LogP contribution is 2.28. The molecule has 96 valence electrons. The largest absolute Gasteiger partial charge is 0.305 e. The molecule has 0 saturated carbocycles. The molecule has 1 N–H and O–H groups in total. The van der Waals surface area contributed by atoms with Crippen molar-refractivity contribution in [1.82, 2.24) is 5.32 Å². The fraction of sp³-hybridized carbons (Fsp3) is 0.625. The summed E-state index contributed by atoms with van der Waals surface area (Å²) in [6, 6.07) is 11.0. The number of rotatable bonds is 4. The van der Waals surface area contributed by atoms with Crippen LogP contribution in [0.2, 0.25) is 0 Å². The maximum absolute atomic E-state index is 3.73. The highest BCUT2D eigenvalue weighted by molar-refractivity contribution is 5.18. The summed E-state index contributed by atoms with van der Waals surface area (Å²) in [6.07, 6.45) is 1.16. The van der Waals surface area contributed by atoms with Crippen LogP contribution < -0.4 is 5.32 Å². The summed E-state index contributed by atoms with van der Waals surface area (Å²) in [5, 5.41) is 3.73. The summed E-state index contributed by atoms with van der Waals surface area (Å²) >= 11 is 0.